The predicted molar refractivity (Wildman–Crippen MR) is 56.5 cm³/mol. The number of hydrogen-bond acceptors (Lipinski definition) is 4. The first-order valence-corrected chi connectivity index (χ1v) is 9.02. The summed E-state index contributed by atoms with van der Waals surface area (Å²) in [6.07, 6.45) is -7.08. The van der Waals surface area contributed by atoms with E-state index >= 15 is 0 Å². The van der Waals surface area contributed by atoms with Gasteiger partial charge in [0.05, 0.1) is 0 Å². The first-order chi connectivity index (χ1) is 10.2. The highest BCUT2D eigenvalue weighted by Crippen LogP contribution is 2.55. The van der Waals surface area contributed by atoms with Crippen molar-refractivity contribution in [2.24, 2.45) is 0 Å². The molecule has 0 fully saturated rings. The van der Waals surface area contributed by atoms with Crippen LogP contribution in [0.4, 0.5) is 52.7 Å². The average Bonchev–Trinajstić information content (AvgIpc) is 2.23. The van der Waals surface area contributed by atoms with E-state index in [4.69, 9.17) is 0 Å². The van der Waals surface area contributed by atoms with Crippen LogP contribution in [-0.2, 0) is 18.1 Å². The van der Waals surface area contributed by atoms with Gasteiger partial charge in [0, 0.05) is 21.4 Å². The van der Waals surface area contributed by atoms with Crippen LogP contribution < -0.4 is 0 Å². The smallest absolute Gasteiger partial charge is 0.206 e. The van der Waals surface area contributed by atoms with Gasteiger partial charge in [-0.1, -0.05) is 0 Å². The topological polar surface area (TPSA) is 68.3 Å². The molecule has 20 heteroatoms. The van der Waals surface area contributed by atoms with Crippen molar-refractivity contribution in [2.75, 3.05) is 0 Å². The normalized spacial score (nSPS) is 15.4. The minimum Gasteiger partial charge on any atom is -0.206 e. The molecule has 0 rings (SSSR count). The molecular weight excluding hydrogens is 487 g/mol. The molecule has 0 heterocycles. The molecule has 0 aliphatic heterocycles. The van der Waals surface area contributed by atoms with E-state index in [0.717, 1.165) is 0 Å². The molecule has 4 nitrogen and oxygen atoms in total. The molecular formula is C5Cl2F12O4S2. The summed E-state index contributed by atoms with van der Waals surface area (Å²) in [6, 6.07) is 0. The summed E-state index contributed by atoms with van der Waals surface area (Å²) in [5.41, 5.74) is -5.32. The van der Waals surface area contributed by atoms with Crippen LogP contribution in [0.1, 0.15) is 0 Å². The molecule has 0 saturated carbocycles. The number of rotatable bonds is 3. The van der Waals surface area contributed by atoms with E-state index in [1.807, 2.05) is 0 Å². The fourth-order valence-electron chi connectivity index (χ4n) is 0.514. The van der Waals surface area contributed by atoms with Crippen molar-refractivity contribution < 1.29 is 69.5 Å². The van der Waals surface area contributed by atoms with Crippen molar-refractivity contribution in [1.29, 1.82) is 0 Å². The summed E-state index contributed by atoms with van der Waals surface area (Å²) in [5, 5.41) is -6.79. The third kappa shape index (κ3) is 5.56. The largest absolute Gasteiger partial charge is 0.511 e. The number of alkyl halides is 12. The van der Waals surface area contributed by atoms with Crippen molar-refractivity contribution in [3.63, 3.8) is 0 Å². The average molecular weight is 487 g/mol. The van der Waals surface area contributed by atoms with E-state index in [9.17, 15) is 69.5 Å². The van der Waals surface area contributed by atoms with E-state index in [-0.39, 0.29) is 0 Å². The molecule has 25 heavy (non-hydrogen) atoms. The van der Waals surface area contributed by atoms with E-state index in [1.165, 1.54) is 0 Å². The van der Waals surface area contributed by atoms with Gasteiger partial charge in [-0.15, -0.1) is 0 Å². The lowest BCUT2D eigenvalue weighted by Crippen LogP contribution is -2.62. The van der Waals surface area contributed by atoms with Crippen LogP contribution >= 0.6 is 21.4 Å². The Kier molecular flexibility index (Phi) is 7.51. The summed E-state index contributed by atoms with van der Waals surface area (Å²) in [4.78, 5) is 0. The zero-order valence-corrected chi connectivity index (χ0v) is 13.4. The highest BCUT2D eigenvalue weighted by atomic mass is 35.7. The van der Waals surface area contributed by atoms with Crippen molar-refractivity contribution in [3.8, 4) is 0 Å². The Morgan fingerprint density at radius 3 is 0.880 bits per heavy atom. The van der Waals surface area contributed by atoms with Crippen LogP contribution in [0.2, 0.25) is 0 Å². The molecule has 0 spiro atoms. The predicted octanol–water partition coefficient (Wildman–Crippen LogP) is 4.06. The summed E-state index contributed by atoms with van der Waals surface area (Å²) >= 11 is 0. The fourth-order valence-corrected chi connectivity index (χ4v) is 1.24. The van der Waals surface area contributed by atoms with Crippen LogP contribution in [0.15, 0.2) is 0 Å². The van der Waals surface area contributed by atoms with Gasteiger partial charge in [0.25, 0.3) is 0 Å². The van der Waals surface area contributed by atoms with Crippen molar-refractivity contribution in [1.82, 2.24) is 0 Å². The molecule has 0 aliphatic carbocycles. The zero-order valence-electron chi connectivity index (χ0n) is 10.2. The Labute approximate surface area is 138 Å². The Hall–Kier alpha value is -0.360. The lowest BCUT2D eigenvalue weighted by molar-refractivity contribution is -0.381. The third-order valence-corrected chi connectivity index (χ3v) is 4.23. The van der Waals surface area contributed by atoms with E-state index in [1.54, 1.807) is 0 Å². The SMILES string of the molecule is O=S(=O)(Cl)C(F)(F)C(F)(F)C(F)(F)C(F)(F)F.O=S(=O)(Cl)C(F)(F)F. The highest BCUT2D eigenvalue weighted by molar-refractivity contribution is 8.14. The number of halogens is 14. The van der Waals surface area contributed by atoms with Crippen LogP contribution in [-0.4, -0.2) is 45.6 Å². The quantitative estimate of drug-likeness (QED) is 0.445. The zero-order chi connectivity index (χ0) is 21.5. The molecule has 0 amide bonds. The van der Waals surface area contributed by atoms with E-state index < -0.39 is 46.9 Å². The van der Waals surface area contributed by atoms with Gasteiger partial charge in [-0.05, 0) is 0 Å². The monoisotopic (exact) mass is 486 g/mol. The maximum absolute atomic E-state index is 12.3. The molecule has 0 aromatic heterocycles. The molecule has 0 bridgehead atoms. The molecule has 0 radical (unpaired) electrons. The van der Waals surface area contributed by atoms with Crippen LogP contribution in [0.25, 0.3) is 0 Å². The summed E-state index contributed by atoms with van der Waals surface area (Å²) in [5.74, 6) is -14.5. The van der Waals surface area contributed by atoms with Gasteiger partial charge in [-0.25, -0.2) is 16.8 Å². The first kappa shape index (κ1) is 26.9. The molecule has 0 saturated heterocycles. The van der Waals surface area contributed by atoms with Crippen molar-refractivity contribution >= 4 is 39.5 Å². The molecule has 0 aromatic rings. The molecule has 0 aliphatic rings. The van der Waals surface area contributed by atoms with Crippen molar-refractivity contribution in [3.05, 3.63) is 0 Å². The third-order valence-electron chi connectivity index (χ3n) is 1.70. The standard InChI is InChI=1S/C4ClF9O2S.CClF3O2S/c5-17(15,16)4(13,14)2(8,9)1(6,7)3(10,11)12;2-8(6,7)1(3,4)5. The Morgan fingerprint density at radius 1 is 0.520 bits per heavy atom. The van der Waals surface area contributed by atoms with Gasteiger partial charge in [-0.3, -0.25) is 0 Å². The second-order valence-corrected chi connectivity index (χ2v) is 8.65. The van der Waals surface area contributed by atoms with Crippen LogP contribution in [0.3, 0.4) is 0 Å². The number of hydrogen-bond donors (Lipinski definition) is 0. The van der Waals surface area contributed by atoms with Gasteiger partial charge in [0.15, 0.2) is 0 Å². The maximum Gasteiger partial charge on any atom is 0.511 e. The molecule has 0 atom stereocenters. The molecule has 154 valence electrons. The van der Waals surface area contributed by atoms with Gasteiger partial charge in [0.1, 0.15) is 0 Å². The first-order valence-electron chi connectivity index (χ1n) is 4.40. The van der Waals surface area contributed by atoms with Crippen LogP contribution in [0.5, 0.6) is 0 Å². The van der Waals surface area contributed by atoms with Gasteiger partial charge >= 0.3 is 46.9 Å². The molecule has 0 unspecified atom stereocenters. The maximum atomic E-state index is 12.3. The lowest BCUT2D eigenvalue weighted by atomic mass is 10.1. The summed E-state index contributed by atoms with van der Waals surface area (Å²) in [7, 11) is -4.50. The lowest BCUT2D eigenvalue weighted by Gasteiger charge is -2.31. The van der Waals surface area contributed by atoms with E-state index in [0.29, 0.717) is 0 Å². The Morgan fingerprint density at radius 2 is 0.760 bits per heavy atom. The summed E-state index contributed by atoms with van der Waals surface area (Å²) < 4.78 is 179. The van der Waals surface area contributed by atoms with Gasteiger partial charge < -0.3 is 0 Å². The highest BCUT2D eigenvalue weighted by Gasteiger charge is 2.85. The minimum absolute atomic E-state index is 3.71. The van der Waals surface area contributed by atoms with E-state index in [2.05, 4.69) is 21.4 Å². The minimum atomic E-state index is -7.27. The molecule has 0 N–H and O–H groups in total. The van der Waals surface area contributed by atoms with Crippen LogP contribution in [0, 0.1) is 0 Å². The Balaban J connectivity index is 0. The second kappa shape index (κ2) is 6.99. The van der Waals surface area contributed by atoms with Gasteiger partial charge in [-0.2, -0.15) is 52.7 Å². The summed E-state index contributed by atoms with van der Waals surface area (Å²) in [6.45, 7) is 0. The fraction of sp³-hybridized carbons (Fsp3) is 1.00. The van der Waals surface area contributed by atoms with Gasteiger partial charge in [0.2, 0.25) is 0 Å². The molecule has 0 aromatic carbocycles. The van der Waals surface area contributed by atoms with Crippen molar-refractivity contribution in [2.45, 2.75) is 28.8 Å². The second-order valence-electron chi connectivity index (χ2n) is 3.48. The Bertz CT molecular complexity index is 675.